The fraction of sp³-hybridized carbons (Fsp3) is 0.238. The summed E-state index contributed by atoms with van der Waals surface area (Å²) >= 11 is 3.08. The van der Waals surface area contributed by atoms with E-state index >= 15 is 0 Å². The number of nitrogens with zero attached hydrogens (tertiary/aromatic N) is 4. The molecule has 4 aromatic rings. The number of thiophene rings is 1. The first kappa shape index (κ1) is 20.4. The van der Waals surface area contributed by atoms with Gasteiger partial charge < -0.3 is 14.4 Å². The van der Waals surface area contributed by atoms with Crippen LogP contribution in [0.2, 0.25) is 0 Å². The molecule has 0 bridgehead atoms. The van der Waals surface area contributed by atoms with Gasteiger partial charge >= 0.3 is 0 Å². The molecule has 154 valence electrons. The summed E-state index contributed by atoms with van der Waals surface area (Å²) in [5.41, 5.74) is 1.25. The van der Waals surface area contributed by atoms with Crippen LogP contribution in [0, 0.1) is 6.92 Å². The summed E-state index contributed by atoms with van der Waals surface area (Å²) in [5.74, 6) is 2.03. The molecule has 0 atom stereocenters. The van der Waals surface area contributed by atoms with Gasteiger partial charge in [0.2, 0.25) is 5.91 Å². The maximum absolute atomic E-state index is 12.3. The molecule has 0 aliphatic rings. The quantitative estimate of drug-likeness (QED) is 0.393. The highest BCUT2D eigenvalue weighted by atomic mass is 32.2. The first-order valence-electron chi connectivity index (χ1n) is 9.52. The standard InChI is InChI=1S/C21H21N5O2S2/c1-15-12-18(25-28-15)22-20(27)14-30-21-24-23-19(13-17-8-5-11-29-17)26(21)10-9-16-6-3-2-4-7-16/h2-8,11-12H,9-10,13-14H2,1H3,(H,22,25,27). The fourth-order valence-electron chi connectivity index (χ4n) is 2.97. The second-order valence-electron chi connectivity index (χ2n) is 6.70. The van der Waals surface area contributed by atoms with Gasteiger partial charge in [0.25, 0.3) is 0 Å². The minimum Gasteiger partial charge on any atom is -0.360 e. The summed E-state index contributed by atoms with van der Waals surface area (Å²) in [7, 11) is 0. The van der Waals surface area contributed by atoms with Crippen molar-refractivity contribution in [3.63, 3.8) is 0 Å². The molecular formula is C21H21N5O2S2. The van der Waals surface area contributed by atoms with Crippen molar-refractivity contribution in [2.24, 2.45) is 0 Å². The van der Waals surface area contributed by atoms with E-state index in [-0.39, 0.29) is 11.7 Å². The average Bonchev–Trinajstić information content (AvgIpc) is 3.49. The molecule has 9 heteroatoms. The van der Waals surface area contributed by atoms with E-state index in [1.807, 2.05) is 24.3 Å². The Morgan fingerprint density at radius 3 is 2.80 bits per heavy atom. The second-order valence-corrected chi connectivity index (χ2v) is 8.68. The smallest absolute Gasteiger partial charge is 0.236 e. The number of anilines is 1. The van der Waals surface area contributed by atoms with Crippen LogP contribution < -0.4 is 5.32 Å². The van der Waals surface area contributed by atoms with Crippen molar-refractivity contribution in [2.75, 3.05) is 11.1 Å². The Balaban J connectivity index is 1.45. The molecule has 7 nitrogen and oxygen atoms in total. The van der Waals surface area contributed by atoms with E-state index < -0.39 is 0 Å². The third-order valence-corrected chi connectivity index (χ3v) is 6.24. The number of nitrogens with one attached hydrogen (secondary N) is 1. The second kappa shape index (κ2) is 9.73. The van der Waals surface area contributed by atoms with Crippen molar-refractivity contribution >= 4 is 34.8 Å². The van der Waals surface area contributed by atoms with Crippen molar-refractivity contribution in [3.05, 3.63) is 75.9 Å². The minimum atomic E-state index is -0.161. The number of carbonyl (C=O) groups excluding carboxylic acids is 1. The average molecular weight is 440 g/mol. The SMILES string of the molecule is Cc1cc(NC(=O)CSc2nnc(Cc3cccs3)n2CCc2ccccc2)no1. The Kier molecular flexibility index (Phi) is 6.60. The van der Waals surface area contributed by atoms with Gasteiger partial charge in [-0.15, -0.1) is 21.5 Å². The molecule has 0 radical (unpaired) electrons. The summed E-state index contributed by atoms with van der Waals surface area (Å²) in [6.45, 7) is 2.53. The fourth-order valence-corrected chi connectivity index (χ4v) is 4.45. The van der Waals surface area contributed by atoms with E-state index in [0.717, 1.165) is 30.4 Å². The lowest BCUT2D eigenvalue weighted by Crippen LogP contribution is -2.15. The largest absolute Gasteiger partial charge is 0.360 e. The zero-order valence-electron chi connectivity index (χ0n) is 16.4. The number of aromatic nitrogens is 4. The molecule has 4 rings (SSSR count). The minimum absolute atomic E-state index is 0.161. The van der Waals surface area contributed by atoms with Crippen molar-refractivity contribution in [3.8, 4) is 0 Å². The van der Waals surface area contributed by atoms with Crippen LogP contribution >= 0.6 is 23.1 Å². The number of benzene rings is 1. The van der Waals surface area contributed by atoms with Crippen LogP contribution in [-0.4, -0.2) is 31.6 Å². The zero-order valence-corrected chi connectivity index (χ0v) is 18.1. The van der Waals surface area contributed by atoms with Crippen LogP contribution in [0.3, 0.4) is 0 Å². The summed E-state index contributed by atoms with van der Waals surface area (Å²) in [6, 6.07) is 16.1. The summed E-state index contributed by atoms with van der Waals surface area (Å²) in [6.07, 6.45) is 1.60. The maximum atomic E-state index is 12.3. The van der Waals surface area contributed by atoms with Gasteiger partial charge in [-0.2, -0.15) is 0 Å². The van der Waals surface area contributed by atoms with E-state index in [4.69, 9.17) is 4.52 Å². The number of carbonyl (C=O) groups is 1. The lowest BCUT2D eigenvalue weighted by molar-refractivity contribution is -0.113. The molecule has 0 spiro atoms. The van der Waals surface area contributed by atoms with E-state index in [9.17, 15) is 4.79 Å². The molecule has 3 heterocycles. The third-order valence-electron chi connectivity index (χ3n) is 4.40. The molecule has 30 heavy (non-hydrogen) atoms. The van der Waals surface area contributed by atoms with Crippen molar-refractivity contribution in [2.45, 2.75) is 31.5 Å². The van der Waals surface area contributed by atoms with Crippen molar-refractivity contribution < 1.29 is 9.32 Å². The van der Waals surface area contributed by atoms with Crippen molar-refractivity contribution in [1.29, 1.82) is 0 Å². The molecule has 1 N–H and O–H groups in total. The molecule has 0 saturated carbocycles. The zero-order chi connectivity index (χ0) is 20.8. The highest BCUT2D eigenvalue weighted by Crippen LogP contribution is 2.21. The monoisotopic (exact) mass is 439 g/mol. The van der Waals surface area contributed by atoms with Crippen LogP contribution in [0.15, 0.2) is 63.6 Å². The Morgan fingerprint density at radius 2 is 2.07 bits per heavy atom. The number of amides is 1. The molecule has 0 saturated heterocycles. The first-order valence-corrected chi connectivity index (χ1v) is 11.4. The van der Waals surface area contributed by atoms with E-state index in [1.165, 1.54) is 22.2 Å². The van der Waals surface area contributed by atoms with Crippen molar-refractivity contribution in [1.82, 2.24) is 19.9 Å². The Morgan fingerprint density at radius 1 is 1.20 bits per heavy atom. The van der Waals surface area contributed by atoms with Gasteiger partial charge in [0.05, 0.1) is 5.75 Å². The Labute approximate surface area is 182 Å². The van der Waals surface area contributed by atoms with E-state index in [1.54, 1.807) is 24.3 Å². The van der Waals surface area contributed by atoms with E-state index in [0.29, 0.717) is 11.6 Å². The number of thioether (sulfide) groups is 1. The number of rotatable bonds is 9. The maximum Gasteiger partial charge on any atom is 0.236 e. The molecule has 0 aliphatic carbocycles. The Hall–Kier alpha value is -2.91. The number of hydrogen-bond acceptors (Lipinski definition) is 7. The van der Waals surface area contributed by atoms with Gasteiger partial charge in [0.1, 0.15) is 11.6 Å². The molecule has 3 aromatic heterocycles. The highest BCUT2D eigenvalue weighted by molar-refractivity contribution is 7.99. The van der Waals surface area contributed by atoms with Crippen LogP contribution in [0.5, 0.6) is 0 Å². The van der Waals surface area contributed by atoms with Gasteiger partial charge in [0, 0.05) is 23.9 Å². The van der Waals surface area contributed by atoms with Gasteiger partial charge in [-0.05, 0) is 30.4 Å². The summed E-state index contributed by atoms with van der Waals surface area (Å²) < 4.78 is 7.09. The lowest BCUT2D eigenvalue weighted by Gasteiger charge is -2.10. The molecular weight excluding hydrogens is 418 g/mol. The number of aryl methyl sites for hydroxylation is 2. The van der Waals surface area contributed by atoms with Crippen LogP contribution in [-0.2, 0) is 24.2 Å². The van der Waals surface area contributed by atoms with Crippen LogP contribution in [0.1, 0.15) is 22.0 Å². The van der Waals surface area contributed by atoms with Gasteiger partial charge in [0.15, 0.2) is 11.0 Å². The molecule has 1 aromatic carbocycles. The van der Waals surface area contributed by atoms with Crippen LogP contribution in [0.25, 0.3) is 0 Å². The van der Waals surface area contributed by atoms with Gasteiger partial charge in [-0.1, -0.05) is 53.3 Å². The van der Waals surface area contributed by atoms with Gasteiger partial charge in [-0.25, -0.2) is 0 Å². The van der Waals surface area contributed by atoms with E-state index in [2.05, 4.69) is 48.8 Å². The first-order chi connectivity index (χ1) is 14.7. The topological polar surface area (TPSA) is 85.8 Å². The predicted octanol–water partition coefficient (Wildman–Crippen LogP) is 4.20. The number of hydrogen-bond donors (Lipinski definition) is 1. The summed E-state index contributed by atoms with van der Waals surface area (Å²) in [4.78, 5) is 13.5. The van der Waals surface area contributed by atoms with Crippen LogP contribution in [0.4, 0.5) is 5.82 Å². The normalized spacial score (nSPS) is 11.0. The predicted molar refractivity (Wildman–Crippen MR) is 118 cm³/mol. The molecule has 0 aliphatic heterocycles. The lowest BCUT2D eigenvalue weighted by atomic mass is 10.1. The third kappa shape index (κ3) is 5.37. The molecule has 1 amide bonds. The molecule has 0 unspecified atom stereocenters. The van der Waals surface area contributed by atoms with Gasteiger partial charge in [-0.3, -0.25) is 4.79 Å². The molecule has 0 fully saturated rings. The Bertz CT molecular complexity index is 1090. The highest BCUT2D eigenvalue weighted by Gasteiger charge is 2.16. The summed E-state index contributed by atoms with van der Waals surface area (Å²) in [5, 5.41) is 18.1.